The molecule has 0 rings (SSSR count). The lowest BCUT2D eigenvalue weighted by molar-refractivity contribution is -0.849. The van der Waals surface area contributed by atoms with Crippen molar-refractivity contribution in [2.75, 3.05) is 35.3 Å². The van der Waals surface area contributed by atoms with Gasteiger partial charge in [-0.05, 0) is 0 Å². The highest BCUT2D eigenvalue weighted by Crippen LogP contribution is 1.73. The van der Waals surface area contributed by atoms with E-state index in [0.717, 1.165) is 11.6 Å². The molecule has 0 aromatic carbocycles. The summed E-state index contributed by atoms with van der Waals surface area (Å²) in [6, 6.07) is 0. The van der Waals surface area contributed by atoms with Crippen molar-refractivity contribution in [2.24, 2.45) is 0 Å². The Balaban J connectivity index is 0. The highest BCUT2D eigenvalue weighted by Gasteiger charge is 1.88. The topological polar surface area (TPSA) is 46.5 Å². The van der Waals surface area contributed by atoms with Crippen LogP contribution >= 0.6 is 0 Å². The molecule has 0 saturated heterocycles. The summed E-state index contributed by atoms with van der Waals surface area (Å²) in [4.78, 5) is 9.15. The molecule has 4 heteroatoms. The average molecular weight is 150 g/mol. The standard InChI is InChI=1S/C4H12N.C2H4O3/c1-5(2,3)4;1-5-2(3)4/h1-4H3;1H3,(H,3,4)/q+1;. The molecule has 0 aromatic heterocycles. The second kappa shape index (κ2) is 5.05. The summed E-state index contributed by atoms with van der Waals surface area (Å²) in [6.07, 6.45) is -1.25. The largest absolute Gasteiger partial charge is 0.505 e. The summed E-state index contributed by atoms with van der Waals surface area (Å²) in [6.45, 7) is 0. The van der Waals surface area contributed by atoms with Gasteiger partial charge >= 0.3 is 6.16 Å². The van der Waals surface area contributed by atoms with Crippen LogP contribution in [0.3, 0.4) is 0 Å². The van der Waals surface area contributed by atoms with Gasteiger partial charge < -0.3 is 14.3 Å². The zero-order valence-electron chi connectivity index (χ0n) is 7.21. The maximum absolute atomic E-state index is 9.15. The third kappa shape index (κ3) is 185. The molecule has 62 valence electrons. The predicted octanol–water partition coefficient (Wildman–Crippen LogP) is 0.633. The Morgan fingerprint density at radius 1 is 1.30 bits per heavy atom. The van der Waals surface area contributed by atoms with E-state index in [1.165, 1.54) is 0 Å². The second-order valence-electron chi connectivity index (χ2n) is 3.15. The highest BCUT2D eigenvalue weighted by atomic mass is 16.6. The lowest BCUT2D eigenvalue weighted by Crippen LogP contribution is -2.27. The van der Waals surface area contributed by atoms with Crippen LogP contribution in [0.2, 0.25) is 0 Å². The van der Waals surface area contributed by atoms with E-state index in [2.05, 4.69) is 32.9 Å². The summed E-state index contributed by atoms with van der Waals surface area (Å²) in [5.41, 5.74) is 0. The number of carbonyl (C=O) groups is 1. The van der Waals surface area contributed by atoms with Gasteiger partial charge in [-0.1, -0.05) is 0 Å². The van der Waals surface area contributed by atoms with Gasteiger partial charge in [0.05, 0.1) is 35.3 Å². The minimum absolute atomic E-state index is 1.00. The first-order chi connectivity index (χ1) is 4.27. The van der Waals surface area contributed by atoms with Crippen molar-refractivity contribution in [1.82, 2.24) is 0 Å². The molecule has 0 bridgehead atoms. The minimum atomic E-state index is -1.25. The van der Waals surface area contributed by atoms with Crippen LogP contribution in [-0.2, 0) is 4.74 Å². The van der Waals surface area contributed by atoms with Gasteiger partial charge in [-0.25, -0.2) is 4.79 Å². The second-order valence-corrected chi connectivity index (χ2v) is 3.15. The van der Waals surface area contributed by atoms with E-state index in [1.54, 1.807) is 0 Å². The molecule has 0 aliphatic rings. The predicted molar refractivity (Wildman–Crippen MR) is 39.0 cm³/mol. The molecule has 0 atom stereocenters. The first-order valence-corrected chi connectivity index (χ1v) is 2.83. The van der Waals surface area contributed by atoms with E-state index in [1.807, 2.05) is 0 Å². The zero-order chi connectivity index (χ0) is 8.78. The molecular weight excluding hydrogens is 134 g/mol. The van der Waals surface area contributed by atoms with Gasteiger partial charge in [-0.15, -0.1) is 0 Å². The van der Waals surface area contributed by atoms with Gasteiger partial charge in [-0.3, -0.25) is 0 Å². The smallest absolute Gasteiger partial charge is 0.450 e. The van der Waals surface area contributed by atoms with Gasteiger partial charge in [-0.2, -0.15) is 0 Å². The van der Waals surface area contributed by atoms with Gasteiger partial charge in [0.2, 0.25) is 0 Å². The fourth-order valence-electron chi connectivity index (χ4n) is 0. The Kier molecular flexibility index (Phi) is 6.04. The van der Waals surface area contributed by atoms with Crippen LogP contribution in [-0.4, -0.2) is 51.0 Å². The number of nitrogens with zero attached hydrogens (tertiary/aromatic N) is 1. The van der Waals surface area contributed by atoms with E-state index in [0.29, 0.717) is 0 Å². The summed E-state index contributed by atoms with van der Waals surface area (Å²) in [5.74, 6) is 0. The first kappa shape index (κ1) is 12.0. The molecule has 4 nitrogen and oxygen atoms in total. The summed E-state index contributed by atoms with van der Waals surface area (Å²) >= 11 is 0. The molecule has 1 N–H and O–H groups in total. The number of carboxylic acid groups (broad SMARTS) is 1. The van der Waals surface area contributed by atoms with Crippen LogP contribution in [0, 0.1) is 0 Å². The number of ether oxygens (including phenoxy) is 1. The van der Waals surface area contributed by atoms with Crippen LogP contribution in [0.5, 0.6) is 0 Å². The molecule has 0 fully saturated rings. The molecule has 0 unspecified atom stereocenters. The molecule has 0 aromatic rings. The number of rotatable bonds is 0. The van der Waals surface area contributed by atoms with Crippen LogP contribution in [0.15, 0.2) is 0 Å². The third-order valence-electron chi connectivity index (χ3n) is 0.175. The van der Waals surface area contributed by atoms with Crippen molar-refractivity contribution in [2.45, 2.75) is 0 Å². The lowest BCUT2D eigenvalue weighted by Gasteiger charge is -2.14. The van der Waals surface area contributed by atoms with Gasteiger partial charge in [0.25, 0.3) is 0 Å². The normalized spacial score (nSPS) is 9.30. The number of hydrogen-bond acceptors (Lipinski definition) is 2. The zero-order valence-corrected chi connectivity index (χ0v) is 7.21. The van der Waals surface area contributed by atoms with Crippen LogP contribution in [0.1, 0.15) is 0 Å². The lowest BCUT2D eigenvalue weighted by atomic mass is 10.8. The summed E-state index contributed by atoms with van der Waals surface area (Å²) in [5, 5.41) is 7.50. The highest BCUT2D eigenvalue weighted by molar-refractivity contribution is 5.56. The number of quaternary nitrogens is 1. The Morgan fingerprint density at radius 3 is 1.40 bits per heavy atom. The maximum Gasteiger partial charge on any atom is 0.505 e. The molecule has 0 amide bonds. The van der Waals surface area contributed by atoms with Crippen LogP contribution in [0.4, 0.5) is 4.79 Å². The number of hydrogen-bond donors (Lipinski definition) is 1. The average Bonchev–Trinajstić information content (AvgIpc) is 1.61. The van der Waals surface area contributed by atoms with E-state index >= 15 is 0 Å². The van der Waals surface area contributed by atoms with Crippen LogP contribution in [0.25, 0.3) is 0 Å². The van der Waals surface area contributed by atoms with E-state index in [4.69, 9.17) is 9.90 Å². The van der Waals surface area contributed by atoms with Crippen molar-refractivity contribution < 1.29 is 19.1 Å². The maximum atomic E-state index is 9.15. The quantitative estimate of drug-likeness (QED) is 0.407. The van der Waals surface area contributed by atoms with E-state index in [-0.39, 0.29) is 0 Å². The molecule has 0 aliphatic heterocycles. The monoisotopic (exact) mass is 150 g/mol. The molecule has 0 aliphatic carbocycles. The first-order valence-electron chi connectivity index (χ1n) is 2.83. The molecular formula is C6H16NO3+. The van der Waals surface area contributed by atoms with Crippen molar-refractivity contribution in [3.05, 3.63) is 0 Å². The Morgan fingerprint density at radius 2 is 1.40 bits per heavy atom. The van der Waals surface area contributed by atoms with Crippen molar-refractivity contribution in [3.63, 3.8) is 0 Å². The van der Waals surface area contributed by atoms with Gasteiger partial charge in [0.15, 0.2) is 0 Å². The summed E-state index contributed by atoms with van der Waals surface area (Å²) in [7, 11) is 9.60. The molecule has 0 radical (unpaired) electrons. The Bertz CT molecular complexity index is 89.7. The van der Waals surface area contributed by atoms with Crippen LogP contribution < -0.4 is 0 Å². The van der Waals surface area contributed by atoms with Crippen molar-refractivity contribution >= 4 is 6.16 Å². The molecule has 0 heterocycles. The molecule has 0 spiro atoms. The van der Waals surface area contributed by atoms with Crippen molar-refractivity contribution in [3.8, 4) is 0 Å². The van der Waals surface area contributed by atoms with Crippen molar-refractivity contribution in [1.29, 1.82) is 0 Å². The minimum Gasteiger partial charge on any atom is -0.450 e. The molecule has 0 saturated carbocycles. The SMILES string of the molecule is COC(=O)O.C[N+](C)(C)C. The molecule has 10 heavy (non-hydrogen) atoms. The third-order valence-corrected chi connectivity index (χ3v) is 0.175. The van der Waals surface area contributed by atoms with E-state index < -0.39 is 6.16 Å². The fraction of sp³-hybridized carbons (Fsp3) is 0.833. The fourth-order valence-corrected chi connectivity index (χ4v) is 0. The van der Waals surface area contributed by atoms with Gasteiger partial charge in [0.1, 0.15) is 0 Å². The Labute approximate surface area is 61.6 Å². The van der Waals surface area contributed by atoms with Gasteiger partial charge in [0, 0.05) is 0 Å². The number of methoxy groups -OCH3 is 1. The summed E-state index contributed by atoms with van der Waals surface area (Å²) < 4.78 is 4.67. The Hall–Kier alpha value is -0.770. The van der Waals surface area contributed by atoms with E-state index in [9.17, 15) is 0 Å².